The van der Waals surface area contributed by atoms with Crippen LogP contribution in [0.1, 0.15) is 106 Å². The maximum Gasteiger partial charge on any atom is 0.509 e. The van der Waals surface area contributed by atoms with Crippen LogP contribution in [0.3, 0.4) is 0 Å². The minimum atomic E-state index is -1.19. The molecule has 0 bridgehead atoms. The molecule has 45 heavy (non-hydrogen) atoms. The minimum Gasteiger partial charge on any atom is -0.483 e. The second-order valence-corrected chi connectivity index (χ2v) is 14.9. The van der Waals surface area contributed by atoms with Gasteiger partial charge in [-0.15, -0.1) is 0 Å². The molecule has 2 aliphatic carbocycles. The largest absolute Gasteiger partial charge is 0.509 e. The number of benzene rings is 1. The van der Waals surface area contributed by atoms with E-state index in [1.54, 1.807) is 32.0 Å². The molecule has 5 rings (SSSR count). The fourth-order valence-electron chi connectivity index (χ4n) is 7.69. The van der Waals surface area contributed by atoms with Gasteiger partial charge in [-0.3, -0.25) is 0 Å². The number of fused-ring (bicyclic) bond motifs is 3. The van der Waals surface area contributed by atoms with E-state index in [9.17, 15) is 14.4 Å². The highest BCUT2D eigenvalue weighted by molar-refractivity contribution is 5.83. The first-order valence-electron chi connectivity index (χ1n) is 16.7. The van der Waals surface area contributed by atoms with E-state index in [1.807, 2.05) is 0 Å². The molecule has 0 N–H and O–H groups in total. The number of rotatable bonds is 6. The van der Waals surface area contributed by atoms with Crippen LogP contribution in [0.25, 0.3) is 11.0 Å². The number of hydrogen-bond donors (Lipinski definition) is 0. The summed E-state index contributed by atoms with van der Waals surface area (Å²) in [6.45, 7) is 16.4. The Morgan fingerprint density at radius 3 is 1.87 bits per heavy atom. The van der Waals surface area contributed by atoms with E-state index in [0.717, 1.165) is 38.5 Å². The molecule has 2 saturated carbocycles. The van der Waals surface area contributed by atoms with Crippen molar-refractivity contribution in [2.24, 2.45) is 35.5 Å². The summed E-state index contributed by atoms with van der Waals surface area (Å²) >= 11 is 0. The minimum absolute atomic E-state index is 0.197. The van der Waals surface area contributed by atoms with Crippen LogP contribution >= 0.6 is 0 Å². The van der Waals surface area contributed by atoms with Crippen molar-refractivity contribution in [1.29, 1.82) is 0 Å². The summed E-state index contributed by atoms with van der Waals surface area (Å²) in [5.74, 6) is 2.31. The maximum atomic E-state index is 13.6. The van der Waals surface area contributed by atoms with E-state index < -0.39 is 35.7 Å². The van der Waals surface area contributed by atoms with Crippen molar-refractivity contribution in [1.82, 2.24) is 0 Å². The molecular formula is C36H50O9. The van der Waals surface area contributed by atoms with Crippen molar-refractivity contribution >= 4 is 23.3 Å². The smallest absolute Gasteiger partial charge is 0.483 e. The molecule has 248 valence electrons. The first-order valence-corrected chi connectivity index (χ1v) is 16.7. The summed E-state index contributed by atoms with van der Waals surface area (Å²) in [6, 6.07) is 6.47. The van der Waals surface area contributed by atoms with Gasteiger partial charge in [0.05, 0.1) is 5.56 Å². The molecule has 1 aromatic heterocycles. The van der Waals surface area contributed by atoms with Crippen LogP contribution in [-0.4, -0.2) is 36.2 Å². The fourth-order valence-corrected chi connectivity index (χ4v) is 7.69. The summed E-state index contributed by atoms with van der Waals surface area (Å²) in [5, 5.41) is 0.608. The van der Waals surface area contributed by atoms with Crippen molar-refractivity contribution in [3.8, 4) is 5.75 Å². The fraction of sp³-hybridized carbons (Fsp3) is 0.694. The number of carbonyl (C=O) groups is 2. The zero-order chi connectivity index (χ0) is 32.6. The lowest BCUT2D eigenvalue weighted by atomic mass is 9.75. The second-order valence-electron chi connectivity index (χ2n) is 14.9. The molecule has 0 saturated heterocycles. The highest BCUT2D eigenvalue weighted by Gasteiger charge is 2.51. The zero-order valence-corrected chi connectivity index (χ0v) is 28.0. The molecule has 0 spiro atoms. The quantitative estimate of drug-likeness (QED) is 0.230. The molecule has 9 nitrogen and oxygen atoms in total. The Morgan fingerprint density at radius 2 is 1.31 bits per heavy atom. The van der Waals surface area contributed by atoms with Gasteiger partial charge in [-0.1, -0.05) is 54.4 Å². The molecule has 0 amide bonds. The monoisotopic (exact) mass is 626 g/mol. The van der Waals surface area contributed by atoms with E-state index in [2.05, 4.69) is 41.5 Å². The van der Waals surface area contributed by atoms with Crippen LogP contribution in [0.15, 0.2) is 33.5 Å². The van der Waals surface area contributed by atoms with Gasteiger partial charge in [0.2, 0.25) is 0 Å². The molecule has 0 radical (unpaired) electrons. The second kappa shape index (κ2) is 13.2. The van der Waals surface area contributed by atoms with Crippen LogP contribution in [-0.2, 0) is 18.9 Å². The Morgan fingerprint density at radius 1 is 0.778 bits per heavy atom. The molecule has 2 aromatic rings. The van der Waals surface area contributed by atoms with Crippen molar-refractivity contribution < 1.29 is 37.7 Å². The first-order chi connectivity index (χ1) is 21.2. The van der Waals surface area contributed by atoms with Gasteiger partial charge in [0.15, 0.2) is 12.2 Å². The van der Waals surface area contributed by atoms with Gasteiger partial charge in [0, 0.05) is 11.5 Å². The SMILES string of the molecule is CC(C)[C@@H]1CC[C@@H](C)C[C@H]1OC(=O)O[C@H]1c2c(ccc3ccc(=O)oc23)OC(C)(C)[C@H]1OC(=O)O[C@@H]1C[C@H](C)CC[C@H]1C(C)C. The highest BCUT2D eigenvalue weighted by Crippen LogP contribution is 2.47. The lowest BCUT2D eigenvalue weighted by Gasteiger charge is -2.43. The average molecular weight is 627 g/mol. The Hall–Kier alpha value is -3.23. The van der Waals surface area contributed by atoms with Gasteiger partial charge in [0.25, 0.3) is 0 Å². The van der Waals surface area contributed by atoms with E-state index in [-0.39, 0.29) is 29.6 Å². The molecular weight excluding hydrogens is 576 g/mol. The predicted octanol–water partition coefficient (Wildman–Crippen LogP) is 8.60. The third kappa shape index (κ3) is 7.28. The van der Waals surface area contributed by atoms with Crippen LogP contribution in [0.4, 0.5) is 9.59 Å². The summed E-state index contributed by atoms with van der Waals surface area (Å²) in [7, 11) is 0. The Bertz CT molecular complexity index is 1430. The summed E-state index contributed by atoms with van der Waals surface area (Å²) < 4.78 is 36.2. The first kappa shape index (κ1) is 33.1. The lowest BCUT2D eigenvalue weighted by Crippen LogP contribution is -2.52. The normalized spacial score (nSPS) is 31.2. The molecule has 0 unspecified atom stereocenters. The van der Waals surface area contributed by atoms with Gasteiger partial charge < -0.3 is 28.1 Å². The molecule has 2 fully saturated rings. The van der Waals surface area contributed by atoms with Crippen LogP contribution < -0.4 is 10.4 Å². The Balaban J connectivity index is 1.47. The van der Waals surface area contributed by atoms with Crippen molar-refractivity contribution in [2.45, 2.75) is 124 Å². The van der Waals surface area contributed by atoms with Crippen molar-refractivity contribution in [3.05, 3.63) is 40.2 Å². The number of ether oxygens (including phenoxy) is 5. The van der Waals surface area contributed by atoms with Gasteiger partial charge in [-0.25, -0.2) is 14.4 Å². The van der Waals surface area contributed by atoms with Gasteiger partial charge >= 0.3 is 17.9 Å². The van der Waals surface area contributed by atoms with Crippen LogP contribution in [0.5, 0.6) is 5.75 Å². The third-order valence-electron chi connectivity index (χ3n) is 10.3. The summed E-state index contributed by atoms with van der Waals surface area (Å²) in [5.41, 5.74) is -1.21. The standard InChI is InChI=1S/C36H50O9/c1-19(2)24-13-9-21(5)17-27(24)40-34(38)43-32-30-26(15-11-23-12-16-29(37)42-31(23)30)45-36(7,8)33(32)44-35(39)41-28-18-22(6)10-14-25(28)20(3)4/h11-12,15-16,19-22,24-25,27-28,32-33H,9-10,13-14,17-18H2,1-8H3/t21-,22-,24+,25+,27-,28-,32+,33+/m1/s1. The van der Waals surface area contributed by atoms with E-state index >= 15 is 0 Å². The van der Waals surface area contributed by atoms with Gasteiger partial charge in [0.1, 0.15) is 29.1 Å². The topological polar surface area (TPSA) is 111 Å². The Kier molecular flexibility index (Phi) is 9.76. The van der Waals surface area contributed by atoms with E-state index in [4.69, 9.17) is 28.1 Å². The third-order valence-corrected chi connectivity index (χ3v) is 10.3. The molecule has 8 atom stereocenters. The Labute approximate surface area is 266 Å². The summed E-state index contributed by atoms with van der Waals surface area (Å²) in [4.78, 5) is 39.5. The summed E-state index contributed by atoms with van der Waals surface area (Å²) in [6.07, 6.45) is 0.978. The molecule has 1 aliphatic heterocycles. The average Bonchev–Trinajstić information content (AvgIpc) is 2.94. The maximum absolute atomic E-state index is 13.6. The van der Waals surface area contributed by atoms with E-state index in [0.29, 0.717) is 40.4 Å². The van der Waals surface area contributed by atoms with Crippen molar-refractivity contribution in [2.75, 3.05) is 0 Å². The predicted molar refractivity (Wildman–Crippen MR) is 169 cm³/mol. The zero-order valence-electron chi connectivity index (χ0n) is 28.0. The lowest BCUT2D eigenvalue weighted by molar-refractivity contribution is -0.149. The van der Waals surface area contributed by atoms with Crippen LogP contribution in [0, 0.1) is 35.5 Å². The van der Waals surface area contributed by atoms with Crippen molar-refractivity contribution in [3.63, 3.8) is 0 Å². The molecule has 1 aromatic carbocycles. The molecule has 3 aliphatic rings. The molecule has 2 heterocycles. The van der Waals surface area contributed by atoms with Gasteiger partial charge in [-0.2, -0.15) is 0 Å². The number of carbonyl (C=O) groups excluding carboxylic acids is 2. The molecule has 9 heteroatoms. The van der Waals surface area contributed by atoms with E-state index in [1.165, 1.54) is 6.07 Å². The van der Waals surface area contributed by atoms with Gasteiger partial charge in [-0.05, 0) is 93.2 Å². The number of hydrogen-bond acceptors (Lipinski definition) is 9. The van der Waals surface area contributed by atoms with Crippen LogP contribution in [0.2, 0.25) is 0 Å². The highest BCUT2D eigenvalue weighted by atomic mass is 16.8.